The molecule has 0 atom stereocenters. The van der Waals surface area contributed by atoms with Crippen molar-refractivity contribution < 1.29 is 4.79 Å². The lowest BCUT2D eigenvalue weighted by molar-refractivity contribution is 0.0795. The van der Waals surface area contributed by atoms with Crippen LogP contribution in [0.15, 0.2) is 12.1 Å². The highest BCUT2D eigenvalue weighted by Crippen LogP contribution is 2.04. The number of anilines is 1. The van der Waals surface area contributed by atoms with E-state index in [1.165, 1.54) is 0 Å². The molecule has 88 valence electrons. The zero-order valence-electron chi connectivity index (χ0n) is 10.0. The van der Waals surface area contributed by atoms with Crippen LogP contribution in [0.25, 0.3) is 0 Å². The molecule has 0 aliphatic heterocycles. The molecule has 0 fully saturated rings. The molecular formula is C11H18N4O. The fraction of sp³-hybridized carbons (Fsp3) is 0.545. The standard InChI is InChI=1S/C11H18N4O/c1-4-8-12-10-7-6-9(13-14-10)11(16)15(3)5-2/h6-7H,4-5,8H2,1-3H3,(H,12,14). The maximum absolute atomic E-state index is 11.7. The third kappa shape index (κ3) is 3.18. The normalized spacial score (nSPS) is 9.94. The minimum absolute atomic E-state index is 0.1000. The number of nitrogens with zero attached hydrogens (tertiary/aromatic N) is 3. The van der Waals surface area contributed by atoms with E-state index >= 15 is 0 Å². The lowest BCUT2D eigenvalue weighted by atomic mass is 10.3. The second-order valence-corrected chi connectivity index (χ2v) is 3.55. The third-order valence-corrected chi connectivity index (χ3v) is 2.26. The first-order chi connectivity index (χ1) is 7.69. The van der Waals surface area contributed by atoms with Crippen LogP contribution in [-0.4, -0.2) is 41.1 Å². The minimum Gasteiger partial charge on any atom is -0.369 e. The molecule has 1 amide bonds. The molecule has 0 radical (unpaired) electrons. The van der Waals surface area contributed by atoms with Gasteiger partial charge in [0.05, 0.1) is 0 Å². The van der Waals surface area contributed by atoms with Crippen LogP contribution in [0.3, 0.4) is 0 Å². The van der Waals surface area contributed by atoms with Crippen molar-refractivity contribution in [3.8, 4) is 0 Å². The summed E-state index contributed by atoms with van der Waals surface area (Å²) >= 11 is 0. The van der Waals surface area contributed by atoms with Crippen molar-refractivity contribution in [1.82, 2.24) is 15.1 Å². The Labute approximate surface area is 95.9 Å². The Bertz CT molecular complexity index is 336. The molecule has 0 saturated heterocycles. The van der Waals surface area contributed by atoms with Gasteiger partial charge in [0.15, 0.2) is 5.69 Å². The average Bonchev–Trinajstić information content (AvgIpc) is 2.35. The SMILES string of the molecule is CCCNc1ccc(C(=O)N(C)CC)nn1. The lowest BCUT2D eigenvalue weighted by Gasteiger charge is -2.13. The molecule has 1 aromatic rings. The van der Waals surface area contributed by atoms with Crippen molar-refractivity contribution in [2.45, 2.75) is 20.3 Å². The van der Waals surface area contributed by atoms with E-state index in [0.717, 1.165) is 13.0 Å². The van der Waals surface area contributed by atoms with Gasteiger partial charge in [-0.3, -0.25) is 4.79 Å². The molecule has 0 aromatic carbocycles. The van der Waals surface area contributed by atoms with Crippen LogP contribution in [0.4, 0.5) is 5.82 Å². The van der Waals surface area contributed by atoms with Gasteiger partial charge in [-0.2, -0.15) is 0 Å². The van der Waals surface area contributed by atoms with Gasteiger partial charge in [0.2, 0.25) is 0 Å². The predicted octanol–water partition coefficient (Wildman–Crippen LogP) is 1.39. The number of amides is 1. The Kier molecular flexibility index (Phi) is 4.69. The minimum atomic E-state index is -0.1000. The number of hydrogen-bond donors (Lipinski definition) is 1. The Morgan fingerprint density at radius 1 is 1.38 bits per heavy atom. The summed E-state index contributed by atoms with van der Waals surface area (Å²) in [5.41, 5.74) is 0.381. The van der Waals surface area contributed by atoms with E-state index in [4.69, 9.17) is 0 Å². The monoisotopic (exact) mass is 222 g/mol. The maximum Gasteiger partial charge on any atom is 0.274 e. The molecule has 1 aromatic heterocycles. The molecule has 1 rings (SSSR count). The number of aromatic nitrogens is 2. The summed E-state index contributed by atoms with van der Waals surface area (Å²) in [6, 6.07) is 3.47. The lowest BCUT2D eigenvalue weighted by Crippen LogP contribution is -2.27. The van der Waals surface area contributed by atoms with Gasteiger partial charge in [0, 0.05) is 20.1 Å². The van der Waals surface area contributed by atoms with Gasteiger partial charge in [-0.1, -0.05) is 6.92 Å². The molecule has 16 heavy (non-hydrogen) atoms. The largest absolute Gasteiger partial charge is 0.369 e. The number of nitrogens with one attached hydrogen (secondary N) is 1. The smallest absolute Gasteiger partial charge is 0.274 e. The van der Waals surface area contributed by atoms with Crippen LogP contribution in [0.2, 0.25) is 0 Å². The van der Waals surface area contributed by atoms with Crippen LogP contribution in [0.5, 0.6) is 0 Å². The van der Waals surface area contributed by atoms with E-state index in [2.05, 4.69) is 22.4 Å². The van der Waals surface area contributed by atoms with E-state index < -0.39 is 0 Å². The summed E-state index contributed by atoms with van der Waals surface area (Å²) in [6.45, 7) is 5.52. The molecule has 5 heteroatoms. The highest BCUT2D eigenvalue weighted by atomic mass is 16.2. The van der Waals surface area contributed by atoms with Gasteiger partial charge in [0.1, 0.15) is 5.82 Å². The fourth-order valence-corrected chi connectivity index (χ4v) is 1.13. The first-order valence-corrected chi connectivity index (χ1v) is 5.52. The fourth-order valence-electron chi connectivity index (χ4n) is 1.13. The molecule has 0 saturated carbocycles. The van der Waals surface area contributed by atoms with Crippen molar-refractivity contribution in [2.24, 2.45) is 0 Å². The first kappa shape index (κ1) is 12.4. The number of carbonyl (C=O) groups excluding carboxylic acids is 1. The van der Waals surface area contributed by atoms with Crippen LogP contribution in [0, 0.1) is 0 Å². The molecule has 1 heterocycles. The third-order valence-electron chi connectivity index (χ3n) is 2.26. The van der Waals surface area contributed by atoms with Gasteiger partial charge in [0.25, 0.3) is 5.91 Å². The van der Waals surface area contributed by atoms with Crippen LogP contribution < -0.4 is 5.32 Å². The number of hydrogen-bond acceptors (Lipinski definition) is 4. The van der Waals surface area contributed by atoms with E-state index in [1.54, 1.807) is 24.1 Å². The molecular weight excluding hydrogens is 204 g/mol. The van der Waals surface area contributed by atoms with Crippen molar-refractivity contribution in [2.75, 3.05) is 25.5 Å². The van der Waals surface area contributed by atoms with E-state index in [9.17, 15) is 4.79 Å². The van der Waals surface area contributed by atoms with Crippen molar-refractivity contribution in [3.63, 3.8) is 0 Å². The summed E-state index contributed by atoms with van der Waals surface area (Å²) in [5, 5.41) is 10.9. The Morgan fingerprint density at radius 2 is 2.12 bits per heavy atom. The summed E-state index contributed by atoms with van der Waals surface area (Å²) in [6.07, 6.45) is 1.03. The van der Waals surface area contributed by atoms with Gasteiger partial charge in [-0.15, -0.1) is 10.2 Å². The Hall–Kier alpha value is -1.65. The first-order valence-electron chi connectivity index (χ1n) is 5.52. The van der Waals surface area contributed by atoms with E-state index in [0.29, 0.717) is 18.1 Å². The topological polar surface area (TPSA) is 58.1 Å². The highest BCUT2D eigenvalue weighted by molar-refractivity contribution is 5.92. The van der Waals surface area contributed by atoms with Crippen molar-refractivity contribution in [1.29, 1.82) is 0 Å². The Balaban J connectivity index is 2.67. The van der Waals surface area contributed by atoms with Gasteiger partial charge < -0.3 is 10.2 Å². The summed E-state index contributed by atoms with van der Waals surface area (Å²) < 4.78 is 0. The second-order valence-electron chi connectivity index (χ2n) is 3.55. The van der Waals surface area contributed by atoms with Crippen molar-refractivity contribution >= 4 is 11.7 Å². The van der Waals surface area contributed by atoms with Gasteiger partial charge in [-0.05, 0) is 25.5 Å². The molecule has 0 unspecified atom stereocenters. The van der Waals surface area contributed by atoms with Crippen LogP contribution in [-0.2, 0) is 0 Å². The molecule has 0 spiro atoms. The zero-order valence-corrected chi connectivity index (χ0v) is 10.0. The number of carbonyl (C=O) groups is 1. The summed E-state index contributed by atoms with van der Waals surface area (Å²) in [4.78, 5) is 13.3. The predicted molar refractivity (Wildman–Crippen MR) is 63.4 cm³/mol. The Morgan fingerprint density at radius 3 is 2.62 bits per heavy atom. The molecule has 0 aliphatic carbocycles. The summed E-state index contributed by atoms with van der Waals surface area (Å²) in [5.74, 6) is 0.606. The quantitative estimate of drug-likeness (QED) is 0.818. The maximum atomic E-state index is 11.7. The highest BCUT2D eigenvalue weighted by Gasteiger charge is 2.11. The number of rotatable bonds is 5. The molecule has 0 bridgehead atoms. The molecule has 5 nitrogen and oxygen atoms in total. The van der Waals surface area contributed by atoms with Crippen molar-refractivity contribution in [3.05, 3.63) is 17.8 Å². The van der Waals surface area contributed by atoms with Crippen LogP contribution in [0.1, 0.15) is 30.8 Å². The van der Waals surface area contributed by atoms with Crippen LogP contribution >= 0.6 is 0 Å². The molecule has 0 aliphatic rings. The zero-order chi connectivity index (χ0) is 12.0. The summed E-state index contributed by atoms with van der Waals surface area (Å²) in [7, 11) is 1.74. The molecule has 1 N–H and O–H groups in total. The van der Waals surface area contributed by atoms with Gasteiger partial charge in [-0.25, -0.2) is 0 Å². The second kappa shape index (κ2) is 6.05. The van der Waals surface area contributed by atoms with Gasteiger partial charge >= 0.3 is 0 Å². The average molecular weight is 222 g/mol. The van der Waals surface area contributed by atoms with E-state index in [-0.39, 0.29) is 5.91 Å². The van der Waals surface area contributed by atoms with E-state index in [1.807, 2.05) is 6.92 Å².